The van der Waals surface area contributed by atoms with Crippen LogP contribution in [0.1, 0.15) is 25.3 Å². The molecule has 0 bridgehead atoms. The minimum atomic E-state index is -0.543. The van der Waals surface area contributed by atoms with Gasteiger partial charge in [0, 0.05) is 18.7 Å². The minimum absolute atomic E-state index is 0.0798. The van der Waals surface area contributed by atoms with Crippen molar-refractivity contribution < 1.29 is 8.78 Å². The first-order valence-electron chi connectivity index (χ1n) is 8.56. The third-order valence-corrected chi connectivity index (χ3v) is 5.11. The Balaban J connectivity index is 2.01. The van der Waals surface area contributed by atoms with E-state index in [1.807, 2.05) is 0 Å². The average molecular weight is 378 g/mol. The molecule has 1 fully saturated rings. The largest absolute Gasteiger partial charge is 0.356 e. The lowest BCUT2D eigenvalue weighted by molar-refractivity contribution is 0.443. The molecule has 0 N–H and O–H groups in total. The van der Waals surface area contributed by atoms with Crippen LogP contribution in [0, 0.1) is 24.5 Å². The number of aryl methyl sites for hydroxylation is 1. The Morgan fingerprint density at radius 1 is 1.23 bits per heavy atom. The summed E-state index contributed by atoms with van der Waals surface area (Å²) in [6.07, 6.45) is 3.51. The quantitative estimate of drug-likeness (QED) is 0.626. The van der Waals surface area contributed by atoms with Crippen LogP contribution in [0.15, 0.2) is 18.5 Å². The standard InChI is InChI=1S/C18H18ClF2N5/c1-10-4-3-5-25(8-10)17-15(12-7-13(20)11(2)6-14(12)21)16(19)24-18-22-9-23-26(17)18/h6-7,9-10H,3-5,8H2,1-2H3. The second kappa shape index (κ2) is 6.46. The number of aromatic nitrogens is 4. The van der Waals surface area contributed by atoms with Crippen molar-refractivity contribution in [3.63, 3.8) is 0 Å². The summed E-state index contributed by atoms with van der Waals surface area (Å²) in [7, 11) is 0. The van der Waals surface area contributed by atoms with E-state index in [2.05, 4.69) is 26.9 Å². The smallest absolute Gasteiger partial charge is 0.255 e. The molecule has 0 radical (unpaired) electrons. The van der Waals surface area contributed by atoms with Gasteiger partial charge in [-0.05, 0) is 43.4 Å². The molecule has 4 rings (SSSR count). The first kappa shape index (κ1) is 17.1. The van der Waals surface area contributed by atoms with Crippen molar-refractivity contribution in [1.29, 1.82) is 0 Å². The van der Waals surface area contributed by atoms with Crippen LogP contribution in [0.3, 0.4) is 0 Å². The first-order valence-corrected chi connectivity index (χ1v) is 8.93. The van der Waals surface area contributed by atoms with Crippen LogP contribution < -0.4 is 4.90 Å². The van der Waals surface area contributed by atoms with Gasteiger partial charge in [-0.25, -0.2) is 8.78 Å². The number of anilines is 1. The molecule has 5 nitrogen and oxygen atoms in total. The van der Waals surface area contributed by atoms with E-state index in [0.29, 0.717) is 23.1 Å². The van der Waals surface area contributed by atoms with Gasteiger partial charge in [0.25, 0.3) is 5.78 Å². The number of piperidine rings is 1. The number of rotatable bonds is 2. The molecule has 3 aromatic rings. The lowest BCUT2D eigenvalue weighted by Gasteiger charge is -2.34. The predicted molar refractivity (Wildman–Crippen MR) is 96.5 cm³/mol. The molecule has 1 aromatic carbocycles. The number of benzene rings is 1. The van der Waals surface area contributed by atoms with Crippen molar-refractivity contribution in [2.75, 3.05) is 18.0 Å². The molecule has 1 aliphatic heterocycles. The third-order valence-electron chi connectivity index (χ3n) is 4.83. The highest BCUT2D eigenvalue weighted by molar-refractivity contribution is 6.33. The third kappa shape index (κ3) is 2.80. The summed E-state index contributed by atoms with van der Waals surface area (Å²) in [5.74, 6) is 0.375. The highest BCUT2D eigenvalue weighted by Gasteiger charge is 2.27. The number of nitrogens with zero attached hydrogens (tertiary/aromatic N) is 5. The van der Waals surface area contributed by atoms with E-state index in [-0.39, 0.29) is 16.3 Å². The Kier molecular flexibility index (Phi) is 4.26. The molecule has 1 unspecified atom stereocenters. The van der Waals surface area contributed by atoms with Gasteiger partial charge in [0.05, 0.1) is 5.56 Å². The van der Waals surface area contributed by atoms with E-state index in [4.69, 9.17) is 11.6 Å². The molecule has 0 aliphatic carbocycles. The first-order chi connectivity index (χ1) is 12.5. The summed E-state index contributed by atoms with van der Waals surface area (Å²) in [5, 5.41) is 4.33. The molecule has 0 spiro atoms. The molecule has 0 amide bonds. The van der Waals surface area contributed by atoms with Crippen LogP contribution in [-0.2, 0) is 0 Å². The van der Waals surface area contributed by atoms with Crippen molar-refractivity contribution in [2.45, 2.75) is 26.7 Å². The highest BCUT2D eigenvalue weighted by Crippen LogP contribution is 2.39. The van der Waals surface area contributed by atoms with Crippen molar-refractivity contribution in [1.82, 2.24) is 19.6 Å². The number of halogens is 3. The van der Waals surface area contributed by atoms with Gasteiger partial charge in [-0.2, -0.15) is 19.6 Å². The molecular weight excluding hydrogens is 360 g/mol. The second-order valence-electron chi connectivity index (χ2n) is 6.85. The molecule has 3 heterocycles. The summed E-state index contributed by atoms with van der Waals surface area (Å²) in [5.41, 5.74) is 0.664. The SMILES string of the molecule is Cc1cc(F)c(-c2c(Cl)nc3ncnn3c2N2CCCC(C)C2)cc1F. The molecule has 1 saturated heterocycles. The summed E-state index contributed by atoms with van der Waals surface area (Å²) < 4.78 is 30.5. The summed E-state index contributed by atoms with van der Waals surface area (Å²) in [6.45, 7) is 5.25. The van der Waals surface area contributed by atoms with Gasteiger partial charge in [0.1, 0.15) is 28.9 Å². The van der Waals surface area contributed by atoms with Gasteiger partial charge < -0.3 is 4.90 Å². The fourth-order valence-corrected chi connectivity index (χ4v) is 3.81. The topological polar surface area (TPSA) is 46.3 Å². The van der Waals surface area contributed by atoms with Crippen LogP contribution in [0.25, 0.3) is 16.9 Å². The highest BCUT2D eigenvalue weighted by atomic mass is 35.5. The zero-order chi connectivity index (χ0) is 18.4. The molecule has 26 heavy (non-hydrogen) atoms. The average Bonchev–Trinajstić information content (AvgIpc) is 3.05. The normalized spacial score (nSPS) is 17.9. The Bertz CT molecular complexity index is 987. The molecule has 1 aliphatic rings. The number of hydrogen-bond acceptors (Lipinski definition) is 4. The zero-order valence-corrected chi connectivity index (χ0v) is 15.3. The van der Waals surface area contributed by atoms with Crippen LogP contribution >= 0.6 is 11.6 Å². The number of hydrogen-bond donors (Lipinski definition) is 0. The number of fused-ring (bicyclic) bond motifs is 1. The lowest BCUT2D eigenvalue weighted by atomic mass is 9.98. The molecular formula is C18H18ClF2N5. The second-order valence-corrected chi connectivity index (χ2v) is 7.21. The van der Waals surface area contributed by atoms with Crippen LogP contribution in [0.5, 0.6) is 0 Å². The Morgan fingerprint density at radius 3 is 2.81 bits per heavy atom. The summed E-state index contributed by atoms with van der Waals surface area (Å²) >= 11 is 6.41. The fraction of sp³-hybridized carbons (Fsp3) is 0.389. The Morgan fingerprint density at radius 2 is 2.04 bits per heavy atom. The van der Waals surface area contributed by atoms with Crippen molar-refractivity contribution in [3.8, 4) is 11.1 Å². The maximum Gasteiger partial charge on any atom is 0.255 e. The van der Waals surface area contributed by atoms with Gasteiger partial charge >= 0.3 is 0 Å². The molecule has 2 aromatic heterocycles. The monoisotopic (exact) mass is 377 g/mol. The minimum Gasteiger partial charge on any atom is -0.356 e. The van der Waals surface area contributed by atoms with E-state index in [1.54, 1.807) is 4.52 Å². The van der Waals surface area contributed by atoms with Gasteiger partial charge in [0.2, 0.25) is 0 Å². The Hall–Kier alpha value is -2.28. The van der Waals surface area contributed by atoms with E-state index < -0.39 is 11.6 Å². The van der Waals surface area contributed by atoms with Crippen LogP contribution in [0.4, 0.5) is 14.6 Å². The van der Waals surface area contributed by atoms with E-state index in [0.717, 1.165) is 25.9 Å². The van der Waals surface area contributed by atoms with E-state index >= 15 is 0 Å². The lowest BCUT2D eigenvalue weighted by Crippen LogP contribution is -2.36. The van der Waals surface area contributed by atoms with Crippen molar-refractivity contribution in [2.24, 2.45) is 5.92 Å². The maximum atomic E-state index is 14.7. The molecule has 1 atom stereocenters. The van der Waals surface area contributed by atoms with E-state index in [1.165, 1.54) is 25.4 Å². The zero-order valence-electron chi connectivity index (χ0n) is 14.5. The summed E-state index contributed by atoms with van der Waals surface area (Å²) in [4.78, 5) is 10.4. The van der Waals surface area contributed by atoms with Crippen LogP contribution in [0.2, 0.25) is 5.15 Å². The molecule has 136 valence electrons. The van der Waals surface area contributed by atoms with Gasteiger partial charge in [0.15, 0.2) is 0 Å². The molecule has 8 heteroatoms. The van der Waals surface area contributed by atoms with Gasteiger partial charge in [-0.15, -0.1) is 0 Å². The summed E-state index contributed by atoms with van der Waals surface area (Å²) in [6, 6.07) is 2.35. The Labute approximate surface area is 154 Å². The van der Waals surface area contributed by atoms with Crippen molar-refractivity contribution >= 4 is 23.2 Å². The van der Waals surface area contributed by atoms with Gasteiger partial charge in [-0.1, -0.05) is 18.5 Å². The van der Waals surface area contributed by atoms with Gasteiger partial charge in [-0.3, -0.25) is 0 Å². The maximum absolute atomic E-state index is 14.7. The molecule has 0 saturated carbocycles. The van der Waals surface area contributed by atoms with Crippen molar-refractivity contribution in [3.05, 3.63) is 40.8 Å². The van der Waals surface area contributed by atoms with E-state index in [9.17, 15) is 8.78 Å². The van der Waals surface area contributed by atoms with Crippen LogP contribution in [-0.4, -0.2) is 32.7 Å². The fourth-order valence-electron chi connectivity index (χ4n) is 3.55. The predicted octanol–water partition coefficient (Wildman–Crippen LogP) is 4.27.